The molecule has 1 amide bonds. The highest BCUT2D eigenvalue weighted by Gasteiger charge is 2.28. The Hall–Kier alpha value is -2.13. The summed E-state index contributed by atoms with van der Waals surface area (Å²) in [5.74, 6) is 5.71. The van der Waals surface area contributed by atoms with E-state index in [-0.39, 0.29) is 5.91 Å². The third kappa shape index (κ3) is 2.73. The Morgan fingerprint density at radius 2 is 1.45 bits per heavy atom. The minimum absolute atomic E-state index is 0.151. The van der Waals surface area contributed by atoms with Crippen LogP contribution in [0, 0.1) is 0 Å². The Morgan fingerprint density at radius 3 is 1.95 bits per heavy atom. The fourth-order valence-electron chi connectivity index (χ4n) is 2.23. The maximum atomic E-state index is 11.5. The van der Waals surface area contributed by atoms with E-state index in [1.165, 1.54) is 17.5 Å². The number of nitrogens with two attached hydrogens (primary N) is 1. The molecule has 3 nitrogen and oxygen atoms in total. The average Bonchev–Trinajstić information content (AvgIpc) is 2.47. The van der Waals surface area contributed by atoms with Gasteiger partial charge in [-0.2, -0.15) is 0 Å². The average molecular weight is 268 g/mol. The van der Waals surface area contributed by atoms with Gasteiger partial charge >= 0.3 is 0 Å². The Labute approximate surface area is 120 Å². The lowest BCUT2D eigenvalue weighted by atomic mass is 9.91. The first-order valence-corrected chi connectivity index (χ1v) is 6.64. The summed E-state index contributed by atoms with van der Waals surface area (Å²) in [4.78, 5) is 11.5. The minimum atomic E-state index is -0.527. The van der Waals surface area contributed by atoms with E-state index in [1.54, 1.807) is 0 Å². The van der Waals surface area contributed by atoms with Crippen LogP contribution in [-0.2, 0) is 10.3 Å². The molecule has 0 radical (unpaired) electrons. The number of nitrogens with zero attached hydrogens (tertiary/aromatic N) is 1. The second-order valence-corrected chi connectivity index (χ2v) is 5.39. The summed E-state index contributed by atoms with van der Waals surface area (Å²) in [6, 6.07) is 18.3. The third-order valence-corrected chi connectivity index (χ3v) is 3.64. The second kappa shape index (κ2) is 5.47. The van der Waals surface area contributed by atoms with E-state index in [4.69, 9.17) is 5.84 Å². The lowest BCUT2D eigenvalue weighted by Gasteiger charge is -2.34. The number of rotatable bonds is 3. The molecule has 0 fully saturated rings. The van der Waals surface area contributed by atoms with Crippen LogP contribution in [-0.4, -0.2) is 10.9 Å². The van der Waals surface area contributed by atoms with Crippen LogP contribution >= 0.6 is 0 Å². The van der Waals surface area contributed by atoms with Gasteiger partial charge in [0.25, 0.3) is 0 Å². The smallest absolute Gasteiger partial charge is 0.234 e. The van der Waals surface area contributed by atoms with Gasteiger partial charge in [0.1, 0.15) is 0 Å². The van der Waals surface area contributed by atoms with Crippen molar-refractivity contribution in [2.45, 2.75) is 26.3 Å². The number of hydrazine groups is 1. The molecular weight excluding hydrogens is 248 g/mol. The van der Waals surface area contributed by atoms with Crippen LogP contribution in [0.1, 0.15) is 26.3 Å². The summed E-state index contributed by atoms with van der Waals surface area (Å²) in [6.07, 6.45) is 0. The van der Waals surface area contributed by atoms with E-state index >= 15 is 0 Å². The molecule has 2 N–H and O–H groups in total. The predicted octanol–water partition coefficient (Wildman–Crippen LogP) is 3.31. The maximum Gasteiger partial charge on any atom is 0.234 e. The summed E-state index contributed by atoms with van der Waals surface area (Å²) < 4.78 is 0. The van der Waals surface area contributed by atoms with Gasteiger partial charge in [-0.25, -0.2) is 5.84 Å². The number of hydrogen-bond donors (Lipinski definition) is 1. The van der Waals surface area contributed by atoms with Crippen LogP contribution in [0.3, 0.4) is 0 Å². The van der Waals surface area contributed by atoms with Crippen molar-refractivity contribution in [2.75, 3.05) is 0 Å². The minimum Gasteiger partial charge on any atom is -0.274 e. The molecule has 0 heterocycles. The molecule has 0 atom stereocenters. The molecule has 0 spiro atoms. The lowest BCUT2D eigenvalue weighted by Crippen LogP contribution is -2.49. The van der Waals surface area contributed by atoms with Crippen molar-refractivity contribution in [1.82, 2.24) is 5.01 Å². The number of benzene rings is 2. The molecule has 0 aliphatic heterocycles. The van der Waals surface area contributed by atoms with E-state index in [2.05, 4.69) is 24.3 Å². The van der Waals surface area contributed by atoms with Crippen LogP contribution in [0.15, 0.2) is 54.6 Å². The molecule has 0 saturated carbocycles. The van der Waals surface area contributed by atoms with Gasteiger partial charge in [0, 0.05) is 6.92 Å². The quantitative estimate of drug-likeness (QED) is 0.527. The molecule has 20 heavy (non-hydrogen) atoms. The molecule has 3 heteroatoms. The standard InChI is InChI=1S/C17H20N2O/c1-13(20)19(18)17(2,3)16-11-9-15(10-12-16)14-7-5-4-6-8-14/h4-12H,18H2,1-3H3. The zero-order chi connectivity index (χ0) is 14.8. The molecule has 2 aromatic carbocycles. The summed E-state index contributed by atoms with van der Waals surface area (Å²) >= 11 is 0. The largest absolute Gasteiger partial charge is 0.274 e. The number of carbonyl (C=O) groups excluding carboxylic acids is 1. The van der Waals surface area contributed by atoms with E-state index < -0.39 is 5.54 Å². The highest BCUT2D eigenvalue weighted by molar-refractivity contribution is 5.73. The Bertz CT molecular complexity index is 588. The maximum absolute atomic E-state index is 11.5. The van der Waals surface area contributed by atoms with Gasteiger partial charge in [0.15, 0.2) is 0 Å². The van der Waals surface area contributed by atoms with Crippen molar-refractivity contribution >= 4 is 5.91 Å². The van der Waals surface area contributed by atoms with Crippen molar-refractivity contribution in [3.05, 3.63) is 60.2 Å². The highest BCUT2D eigenvalue weighted by Crippen LogP contribution is 2.28. The molecule has 0 aliphatic carbocycles. The van der Waals surface area contributed by atoms with Crippen LogP contribution in [0.4, 0.5) is 0 Å². The summed E-state index contributed by atoms with van der Waals surface area (Å²) in [6.45, 7) is 5.35. The van der Waals surface area contributed by atoms with Crippen molar-refractivity contribution in [1.29, 1.82) is 0 Å². The van der Waals surface area contributed by atoms with Gasteiger partial charge in [-0.15, -0.1) is 0 Å². The SMILES string of the molecule is CC(=O)N(N)C(C)(C)c1ccc(-c2ccccc2)cc1. The Morgan fingerprint density at radius 1 is 0.950 bits per heavy atom. The van der Waals surface area contributed by atoms with E-state index in [1.807, 2.05) is 44.2 Å². The molecule has 0 unspecified atom stereocenters. The van der Waals surface area contributed by atoms with Gasteiger partial charge in [0.05, 0.1) is 5.54 Å². The molecule has 0 bridgehead atoms. The molecule has 2 aromatic rings. The van der Waals surface area contributed by atoms with Crippen molar-refractivity contribution < 1.29 is 4.79 Å². The second-order valence-electron chi connectivity index (χ2n) is 5.39. The summed E-state index contributed by atoms with van der Waals surface area (Å²) in [5.41, 5.74) is 2.81. The van der Waals surface area contributed by atoms with Crippen LogP contribution in [0.5, 0.6) is 0 Å². The third-order valence-electron chi connectivity index (χ3n) is 3.64. The van der Waals surface area contributed by atoms with Gasteiger partial charge in [-0.05, 0) is 30.5 Å². The normalized spacial score (nSPS) is 11.2. The van der Waals surface area contributed by atoms with E-state index in [0.29, 0.717) is 0 Å². The van der Waals surface area contributed by atoms with Gasteiger partial charge in [0.2, 0.25) is 5.91 Å². The first-order valence-electron chi connectivity index (χ1n) is 6.64. The summed E-state index contributed by atoms with van der Waals surface area (Å²) in [7, 11) is 0. The monoisotopic (exact) mass is 268 g/mol. The first-order chi connectivity index (χ1) is 9.43. The summed E-state index contributed by atoms with van der Waals surface area (Å²) in [5, 5.41) is 1.27. The highest BCUT2D eigenvalue weighted by atomic mass is 16.2. The Balaban J connectivity index is 2.31. The van der Waals surface area contributed by atoms with Crippen LogP contribution in [0.25, 0.3) is 11.1 Å². The fourth-order valence-corrected chi connectivity index (χ4v) is 2.23. The van der Waals surface area contributed by atoms with Crippen LogP contribution < -0.4 is 5.84 Å². The zero-order valence-corrected chi connectivity index (χ0v) is 12.1. The topological polar surface area (TPSA) is 46.3 Å². The molecule has 104 valence electrons. The molecule has 2 rings (SSSR count). The van der Waals surface area contributed by atoms with Crippen LogP contribution in [0.2, 0.25) is 0 Å². The van der Waals surface area contributed by atoms with E-state index in [9.17, 15) is 4.79 Å². The van der Waals surface area contributed by atoms with E-state index in [0.717, 1.165) is 11.1 Å². The lowest BCUT2D eigenvalue weighted by molar-refractivity contribution is -0.134. The van der Waals surface area contributed by atoms with Gasteiger partial charge in [-0.1, -0.05) is 54.6 Å². The molecular formula is C17H20N2O. The molecule has 0 aliphatic rings. The van der Waals surface area contributed by atoms with Crippen molar-refractivity contribution in [3.63, 3.8) is 0 Å². The number of carbonyl (C=O) groups is 1. The van der Waals surface area contributed by atoms with Gasteiger partial charge in [-0.3, -0.25) is 9.80 Å². The van der Waals surface area contributed by atoms with Crippen molar-refractivity contribution in [2.24, 2.45) is 5.84 Å². The molecule has 0 saturated heterocycles. The Kier molecular flexibility index (Phi) is 3.91. The number of hydrogen-bond acceptors (Lipinski definition) is 2. The molecule has 0 aromatic heterocycles. The number of amides is 1. The van der Waals surface area contributed by atoms with Gasteiger partial charge < -0.3 is 0 Å². The first kappa shape index (κ1) is 14.3. The zero-order valence-electron chi connectivity index (χ0n) is 12.1. The fraction of sp³-hybridized carbons (Fsp3) is 0.235. The van der Waals surface area contributed by atoms with Crippen molar-refractivity contribution in [3.8, 4) is 11.1 Å². The predicted molar refractivity (Wildman–Crippen MR) is 81.6 cm³/mol.